The van der Waals surface area contributed by atoms with E-state index in [-0.39, 0.29) is 5.39 Å². The van der Waals surface area contributed by atoms with Gasteiger partial charge in [0.25, 0.3) is 5.56 Å². The summed E-state index contributed by atoms with van der Waals surface area (Å²) in [5.74, 6) is 0.364. The maximum absolute atomic E-state index is 12.2. The summed E-state index contributed by atoms with van der Waals surface area (Å²) in [6, 6.07) is 3.51. The van der Waals surface area contributed by atoms with Crippen LogP contribution in [0.15, 0.2) is 23.0 Å². The van der Waals surface area contributed by atoms with E-state index in [1.165, 1.54) is 6.07 Å². The van der Waals surface area contributed by atoms with E-state index in [9.17, 15) is 18.0 Å². The molecule has 24 heavy (non-hydrogen) atoms. The minimum absolute atomic E-state index is 0.0455. The number of halogens is 3. The number of aromatic nitrogens is 2. The van der Waals surface area contributed by atoms with Gasteiger partial charge >= 0.3 is 6.36 Å². The number of ether oxygens (including phenoxy) is 1. The molecule has 1 aromatic heterocycles. The average Bonchev–Trinajstić information content (AvgIpc) is 2.53. The van der Waals surface area contributed by atoms with Crippen LogP contribution in [0.3, 0.4) is 0 Å². The number of benzene rings is 1. The molecule has 1 saturated heterocycles. The van der Waals surface area contributed by atoms with E-state index in [0.717, 1.165) is 38.1 Å². The van der Waals surface area contributed by atoms with Crippen LogP contribution >= 0.6 is 0 Å². The highest BCUT2D eigenvalue weighted by Crippen LogP contribution is 2.24. The van der Waals surface area contributed by atoms with Crippen molar-refractivity contribution in [3.63, 3.8) is 0 Å². The average molecular weight is 342 g/mol. The number of hydrogen-bond donors (Lipinski definition) is 3. The molecule has 1 aromatic carbocycles. The smallest absolute Gasteiger partial charge is 0.406 e. The Kier molecular flexibility index (Phi) is 4.61. The SMILES string of the molecule is O=c1[nH]c(NCC2CCNCC2)nc2ccc(OC(F)(F)F)cc12. The van der Waals surface area contributed by atoms with Crippen LogP contribution in [0.4, 0.5) is 19.1 Å². The highest BCUT2D eigenvalue weighted by molar-refractivity contribution is 5.80. The predicted octanol–water partition coefficient (Wildman–Crippen LogP) is 2.23. The highest BCUT2D eigenvalue weighted by atomic mass is 19.4. The molecule has 2 heterocycles. The Morgan fingerprint density at radius 1 is 1.29 bits per heavy atom. The molecule has 1 aliphatic rings. The van der Waals surface area contributed by atoms with Gasteiger partial charge in [0.05, 0.1) is 10.9 Å². The Bertz CT molecular complexity index is 769. The van der Waals surface area contributed by atoms with E-state index >= 15 is 0 Å². The Morgan fingerprint density at radius 2 is 2.04 bits per heavy atom. The van der Waals surface area contributed by atoms with Crippen LogP contribution in [0.25, 0.3) is 10.9 Å². The fraction of sp³-hybridized carbons (Fsp3) is 0.467. The number of anilines is 1. The molecular weight excluding hydrogens is 325 g/mol. The van der Waals surface area contributed by atoms with E-state index in [1.54, 1.807) is 0 Å². The minimum atomic E-state index is -4.80. The van der Waals surface area contributed by atoms with Crippen molar-refractivity contribution in [3.8, 4) is 5.75 Å². The molecule has 2 aromatic rings. The summed E-state index contributed by atoms with van der Waals surface area (Å²) in [6.07, 6.45) is -2.71. The molecule has 0 amide bonds. The Balaban J connectivity index is 1.77. The fourth-order valence-electron chi connectivity index (χ4n) is 2.73. The van der Waals surface area contributed by atoms with Crippen molar-refractivity contribution in [3.05, 3.63) is 28.6 Å². The second-order valence-electron chi connectivity index (χ2n) is 5.72. The normalized spacial score (nSPS) is 16.3. The number of nitrogens with zero attached hydrogens (tertiary/aromatic N) is 1. The molecule has 6 nitrogen and oxygen atoms in total. The first-order valence-electron chi connectivity index (χ1n) is 7.65. The molecule has 0 unspecified atom stereocenters. The second kappa shape index (κ2) is 6.68. The Morgan fingerprint density at radius 3 is 2.75 bits per heavy atom. The van der Waals surface area contributed by atoms with Crippen LogP contribution in [0.1, 0.15) is 12.8 Å². The van der Waals surface area contributed by atoms with Gasteiger partial charge in [0.15, 0.2) is 0 Å². The number of nitrogens with one attached hydrogen (secondary N) is 3. The number of alkyl halides is 3. The van der Waals surface area contributed by atoms with Crippen LogP contribution in [-0.2, 0) is 0 Å². The summed E-state index contributed by atoms with van der Waals surface area (Å²) in [5.41, 5.74) is -0.207. The zero-order valence-corrected chi connectivity index (χ0v) is 12.7. The standard InChI is InChI=1S/C15H17F3N4O2/c16-15(17,18)24-10-1-2-12-11(7-10)13(23)22-14(21-12)20-8-9-3-5-19-6-4-9/h1-2,7,9,19H,3-6,8H2,(H2,20,21,22,23). The maximum atomic E-state index is 12.2. The Hall–Kier alpha value is -2.29. The first kappa shape index (κ1) is 16.6. The lowest BCUT2D eigenvalue weighted by atomic mass is 9.98. The minimum Gasteiger partial charge on any atom is -0.406 e. The van der Waals surface area contributed by atoms with E-state index < -0.39 is 17.7 Å². The summed E-state index contributed by atoms with van der Waals surface area (Å²) >= 11 is 0. The van der Waals surface area contributed by atoms with E-state index in [4.69, 9.17) is 0 Å². The van der Waals surface area contributed by atoms with Crippen molar-refractivity contribution in [1.29, 1.82) is 0 Å². The monoisotopic (exact) mass is 342 g/mol. The predicted molar refractivity (Wildman–Crippen MR) is 83.1 cm³/mol. The summed E-state index contributed by atoms with van der Waals surface area (Å²) in [7, 11) is 0. The third-order valence-corrected chi connectivity index (χ3v) is 3.93. The van der Waals surface area contributed by atoms with Crippen molar-refractivity contribution in [1.82, 2.24) is 15.3 Å². The van der Waals surface area contributed by atoms with Crippen LogP contribution in [0.2, 0.25) is 0 Å². The fourth-order valence-corrected chi connectivity index (χ4v) is 2.73. The third-order valence-electron chi connectivity index (χ3n) is 3.93. The number of fused-ring (bicyclic) bond motifs is 1. The van der Waals surface area contributed by atoms with Gasteiger partial charge in [-0.15, -0.1) is 13.2 Å². The number of rotatable bonds is 4. The lowest BCUT2D eigenvalue weighted by Gasteiger charge is -2.22. The lowest BCUT2D eigenvalue weighted by Crippen LogP contribution is -2.31. The molecule has 0 aliphatic carbocycles. The largest absolute Gasteiger partial charge is 0.573 e. The van der Waals surface area contributed by atoms with E-state index in [0.29, 0.717) is 23.9 Å². The van der Waals surface area contributed by atoms with Crippen molar-refractivity contribution in [2.45, 2.75) is 19.2 Å². The molecule has 0 atom stereocenters. The number of hydrogen-bond acceptors (Lipinski definition) is 5. The third kappa shape index (κ3) is 4.16. The molecule has 3 N–H and O–H groups in total. The molecule has 9 heteroatoms. The highest BCUT2D eigenvalue weighted by Gasteiger charge is 2.31. The zero-order chi connectivity index (χ0) is 17.2. The molecule has 1 fully saturated rings. The molecular formula is C15H17F3N4O2. The molecule has 0 radical (unpaired) electrons. The molecule has 3 rings (SSSR count). The van der Waals surface area contributed by atoms with E-state index in [2.05, 4.69) is 25.3 Å². The van der Waals surface area contributed by atoms with Gasteiger partial charge in [-0.2, -0.15) is 0 Å². The quantitative estimate of drug-likeness (QED) is 0.794. The summed E-state index contributed by atoms with van der Waals surface area (Å²) in [6.45, 7) is 2.62. The summed E-state index contributed by atoms with van der Waals surface area (Å²) in [5, 5.41) is 6.41. The van der Waals surface area contributed by atoms with Crippen LogP contribution < -0.4 is 20.9 Å². The molecule has 1 aliphatic heterocycles. The van der Waals surface area contributed by atoms with Crippen LogP contribution in [0.5, 0.6) is 5.75 Å². The number of aromatic amines is 1. The number of H-pyrrole nitrogens is 1. The van der Waals surface area contributed by atoms with Gasteiger partial charge in [-0.3, -0.25) is 9.78 Å². The van der Waals surface area contributed by atoms with Crippen LogP contribution in [-0.4, -0.2) is 36.0 Å². The maximum Gasteiger partial charge on any atom is 0.573 e. The van der Waals surface area contributed by atoms with Gasteiger partial charge in [-0.05, 0) is 50.0 Å². The zero-order valence-electron chi connectivity index (χ0n) is 12.7. The topological polar surface area (TPSA) is 79.0 Å². The second-order valence-corrected chi connectivity index (χ2v) is 5.72. The van der Waals surface area contributed by atoms with Gasteiger partial charge in [0.2, 0.25) is 5.95 Å². The first-order chi connectivity index (χ1) is 11.4. The molecule has 130 valence electrons. The first-order valence-corrected chi connectivity index (χ1v) is 7.65. The van der Waals surface area contributed by atoms with E-state index in [1.807, 2.05) is 0 Å². The molecule has 0 spiro atoms. The van der Waals surface area contributed by atoms with Crippen molar-refractivity contribution >= 4 is 16.9 Å². The van der Waals surface area contributed by atoms with Gasteiger partial charge < -0.3 is 15.4 Å². The summed E-state index contributed by atoms with van der Waals surface area (Å²) in [4.78, 5) is 18.9. The molecule has 0 saturated carbocycles. The Labute approximate surface area is 135 Å². The lowest BCUT2D eigenvalue weighted by molar-refractivity contribution is -0.274. The van der Waals surface area contributed by atoms with Crippen molar-refractivity contribution in [2.24, 2.45) is 5.92 Å². The number of piperidine rings is 1. The summed E-state index contributed by atoms with van der Waals surface area (Å²) < 4.78 is 40.6. The van der Waals surface area contributed by atoms with Gasteiger partial charge in [0, 0.05) is 6.54 Å². The molecule has 0 bridgehead atoms. The van der Waals surface area contributed by atoms with Crippen LogP contribution in [0, 0.1) is 5.92 Å². The van der Waals surface area contributed by atoms with Crippen molar-refractivity contribution < 1.29 is 17.9 Å². The van der Waals surface area contributed by atoms with Gasteiger partial charge in [-0.25, -0.2) is 4.98 Å². The van der Waals surface area contributed by atoms with Gasteiger partial charge in [0.1, 0.15) is 5.75 Å². The van der Waals surface area contributed by atoms with Gasteiger partial charge in [-0.1, -0.05) is 0 Å². The van der Waals surface area contributed by atoms with Crippen molar-refractivity contribution in [2.75, 3.05) is 25.0 Å².